The molecule has 0 unspecified atom stereocenters. The van der Waals surface area contributed by atoms with Crippen molar-refractivity contribution >= 4 is 28.9 Å². The van der Waals surface area contributed by atoms with Crippen LogP contribution in [0.5, 0.6) is 0 Å². The lowest BCUT2D eigenvalue weighted by Gasteiger charge is -2.28. The average molecular weight is 468 g/mol. The number of likely N-dealkylation sites (N-methyl/N-ethyl adjacent to an activating group) is 1. The highest BCUT2D eigenvalue weighted by atomic mass is 35.5. The second-order valence-corrected chi connectivity index (χ2v) is 7.99. The van der Waals surface area contributed by atoms with E-state index in [1.54, 1.807) is 55.6 Å². The molecule has 0 aromatic heterocycles. The Morgan fingerprint density at radius 1 is 1.06 bits per heavy atom. The summed E-state index contributed by atoms with van der Waals surface area (Å²) in [6, 6.07) is 21.1. The van der Waals surface area contributed by atoms with Crippen molar-refractivity contribution in [2.45, 2.75) is 12.5 Å². The van der Waals surface area contributed by atoms with Crippen LogP contribution in [0.15, 0.2) is 72.8 Å². The second kappa shape index (κ2) is 10.4. The number of nitrogens with one attached hydrogen (secondary N) is 1. The van der Waals surface area contributed by atoms with Crippen LogP contribution in [0.1, 0.15) is 23.6 Å². The van der Waals surface area contributed by atoms with E-state index in [0.717, 1.165) is 11.4 Å². The van der Waals surface area contributed by atoms with Crippen LogP contribution < -0.4 is 10.2 Å². The molecular formula is C25H26ClN3O4. The summed E-state index contributed by atoms with van der Waals surface area (Å²) in [4.78, 5) is 25.4. The smallest absolute Gasteiger partial charge is 0.302 e. The zero-order valence-electron chi connectivity index (χ0n) is 18.7. The number of hydrogen-bond donors (Lipinski definition) is 1. The molecule has 8 heteroatoms. The van der Waals surface area contributed by atoms with Gasteiger partial charge in [0.2, 0.25) is 0 Å². The molecule has 0 aliphatic heterocycles. The Labute approximate surface area is 198 Å². The van der Waals surface area contributed by atoms with Crippen LogP contribution in [0, 0.1) is 10.1 Å². The van der Waals surface area contributed by atoms with E-state index in [4.69, 9.17) is 16.3 Å². The maximum atomic E-state index is 12.8. The van der Waals surface area contributed by atoms with E-state index in [2.05, 4.69) is 5.32 Å². The van der Waals surface area contributed by atoms with Crippen molar-refractivity contribution in [2.75, 3.05) is 37.5 Å². The maximum Gasteiger partial charge on any atom is 0.302 e. The number of anilines is 2. The second-order valence-electron chi connectivity index (χ2n) is 7.58. The number of rotatable bonds is 9. The van der Waals surface area contributed by atoms with Crippen LogP contribution in [0.4, 0.5) is 11.4 Å². The number of carbonyl (C=O) groups is 1. The molecule has 1 N–H and O–H groups in total. The Morgan fingerprint density at radius 2 is 1.64 bits per heavy atom. The summed E-state index contributed by atoms with van der Waals surface area (Å²) >= 11 is 6.51. The molecular weight excluding hydrogens is 442 g/mol. The van der Waals surface area contributed by atoms with Gasteiger partial charge in [0.15, 0.2) is 0 Å². The van der Waals surface area contributed by atoms with Crippen LogP contribution in [-0.2, 0) is 15.1 Å². The number of carbonyl (C=O) groups excluding carboxylic acids is 1. The van der Waals surface area contributed by atoms with Gasteiger partial charge in [-0.15, -0.1) is 0 Å². The molecule has 1 atom stereocenters. The van der Waals surface area contributed by atoms with Crippen molar-refractivity contribution in [3.05, 3.63) is 105 Å². The molecule has 3 aromatic rings. The number of nitro groups is 1. The fourth-order valence-corrected chi connectivity index (χ4v) is 4.10. The van der Waals surface area contributed by atoms with Crippen molar-refractivity contribution in [2.24, 2.45) is 0 Å². The van der Waals surface area contributed by atoms with E-state index in [1.165, 1.54) is 6.92 Å². The normalized spacial score (nSPS) is 12.5. The van der Waals surface area contributed by atoms with E-state index in [9.17, 15) is 14.9 Å². The molecule has 0 radical (unpaired) electrons. The van der Waals surface area contributed by atoms with E-state index in [0.29, 0.717) is 28.3 Å². The Balaban J connectivity index is 2.10. The van der Waals surface area contributed by atoms with Crippen molar-refractivity contribution in [3.8, 4) is 0 Å². The summed E-state index contributed by atoms with van der Waals surface area (Å²) in [5.41, 5.74) is 1.36. The Morgan fingerprint density at radius 3 is 2.15 bits per heavy atom. The summed E-state index contributed by atoms with van der Waals surface area (Å²) in [6.45, 7) is 2.11. The van der Waals surface area contributed by atoms with Crippen molar-refractivity contribution < 1.29 is 14.5 Å². The molecule has 0 saturated carbocycles. The van der Waals surface area contributed by atoms with Gasteiger partial charge in [-0.2, -0.15) is 0 Å². The summed E-state index contributed by atoms with van der Waals surface area (Å²) in [5, 5.41) is 16.2. The lowest BCUT2D eigenvalue weighted by atomic mass is 9.77. The van der Waals surface area contributed by atoms with Gasteiger partial charge in [-0.3, -0.25) is 14.9 Å². The molecule has 0 fully saturated rings. The van der Waals surface area contributed by atoms with Gasteiger partial charge in [0.05, 0.1) is 17.1 Å². The van der Waals surface area contributed by atoms with E-state index < -0.39 is 5.54 Å². The number of nitrogens with zero attached hydrogens (tertiary/aromatic N) is 2. The number of benzene rings is 3. The fraction of sp³-hybridized carbons (Fsp3) is 0.240. The van der Waals surface area contributed by atoms with Gasteiger partial charge in [-0.25, -0.2) is 0 Å². The minimum atomic E-state index is -1.69. The van der Waals surface area contributed by atoms with Gasteiger partial charge >= 0.3 is 5.97 Å². The number of ether oxygens (including phenoxy) is 1. The maximum absolute atomic E-state index is 12.8. The van der Waals surface area contributed by atoms with Gasteiger partial charge in [0.25, 0.3) is 5.54 Å². The molecule has 0 saturated heterocycles. The largest absolute Gasteiger partial charge is 0.464 e. The van der Waals surface area contributed by atoms with Gasteiger partial charge in [0.1, 0.15) is 6.61 Å². The first-order valence-corrected chi connectivity index (χ1v) is 10.8. The Kier molecular flexibility index (Phi) is 7.55. The lowest BCUT2D eigenvalue weighted by Crippen LogP contribution is -2.38. The standard InChI is InChI=1S/C25H26ClN3O4/c1-18(30)33-17-16-28(3)22-14-10-20(11-15-22)25(29(31)32,23-6-4-5-7-24(23)26)19-8-12-21(27-2)13-9-19/h4-15,27H,16-17H2,1-3H3/t25-/m0/s1. The molecule has 172 valence electrons. The molecule has 0 aliphatic carbocycles. The summed E-state index contributed by atoms with van der Waals surface area (Å²) in [6.07, 6.45) is 0. The molecule has 3 aromatic carbocycles. The molecule has 33 heavy (non-hydrogen) atoms. The van der Waals surface area contributed by atoms with E-state index in [1.807, 2.05) is 36.2 Å². The minimum Gasteiger partial charge on any atom is -0.464 e. The van der Waals surface area contributed by atoms with Gasteiger partial charge < -0.3 is 15.0 Å². The van der Waals surface area contributed by atoms with Crippen LogP contribution in [0.3, 0.4) is 0 Å². The first kappa shape index (κ1) is 24.1. The Bertz CT molecular complexity index is 1120. The van der Waals surface area contributed by atoms with Gasteiger partial charge in [-0.05, 0) is 60.7 Å². The summed E-state index contributed by atoms with van der Waals surface area (Å²) < 4.78 is 5.00. The highest BCUT2D eigenvalue weighted by molar-refractivity contribution is 6.31. The highest BCUT2D eigenvalue weighted by Gasteiger charge is 2.50. The predicted octanol–water partition coefficient (Wildman–Crippen LogP) is 4.95. The average Bonchev–Trinajstić information content (AvgIpc) is 2.81. The number of esters is 1. The quantitative estimate of drug-likeness (QED) is 0.207. The fourth-order valence-electron chi connectivity index (χ4n) is 3.83. The SMILES string of the molecule is CNc1ccc([C@](c2ccc(N(C)CCOC(C)=O)cc2)(c2ccccc2Cl)[N+](=O)[O-])cc1. The van der Waals surface area contributed by atoms with Crippen molar-refractivity contribution in [3.63, 3.8) is 0 Å². The van der Waals surface area contributed by atoms with E-state index in [-0.39, 0.29) is 17.5 Å². The zero-order valence-corrected chi connectivity index (χ0v) is 19.5. The lowest BCUT2D eigenvalue weighted by molar-refractivity contribution is -0.553. The highest BCUT2D eigenvalue weighted by Crippen LogP contribution is 2.43. The molecule has 0 aliphatic rings. The third-order valence-corrected chi connectivity index (χ3v) is 5.92. The third-order valence-electron chi connectivity index (χ3n) is 5.59. The third kappa shape index (κ3) is 4.93. The molecule has 0 bridgehead atoms. The number of hydrogen-bond acceptors (Lipinski definition) is 6. The monoisotopic (exact) mass is 467 g/mol. The molecule has 7 nitrogen and oxygen atoms in total. The van der Waals surface area contributed by atoms with Gasteiger partial charge in [-0.1, -0.05) is 23.7 Å². The van der Waals surface area contributed by atoms with Crippen LogP contribution in [0.25, 0.3) is 0 Å². The predicted molar refractivity (Wildman–Crippen MR) is 131 cm³/mol. The summed E-state index contributed by atoms with van der Waals surface area (Å²) in [5.74, 6) is -0.335. The Hall–Kier alpha value is -3.58. The van der Waals surface area contributed by atoms with Crippen LogP contribution >= 0.6 is 11.6 Å². The zero-order chi connectivity index (χ0) is 24.0. The van der Waals surface area contributed by atoms with Crippen molar-refractivity contribution in [1.29, 1.82) is 0 Å². The topological polar surface area (TPSA) is 84.7 Å². The van der Waals surface area contributed by atoms with Gasteiger partial charge in [0, 0.05) is 48.4 Å². The minimum absolute atomic E-state index is 0.254. The summed E-state index contributed by atoms with van der Waals surface area (Å²) in [7, 11) is 3.66. The molecule has 0 heterocycles. The first-order chi connectivity index (χ1) is 15.8. The number of halogens is 1. The molecule has 3 rings (SSSR count). The van der Waals surface area contributed by atoms with Crippen LogP contribution in [0.2, 0.25) is 5.02 Å². The molecule has 0 spiro atoms. The van der Waals surface area contributed by atoms with E-state index >= 15 is 0 Å². The first-order valence-electron chi connectivity index (χ1n) is 10.4. The van der Waals surface area contributed by atoms with Crippen LogP contribution in [-0.4, -0.2) is 38.1 Å². The van der Waals surface area contributed by atoms with Crippen molar-refractivity contribution in [1.82, 2.24) is 0 Å². The molecule has 0 amide bonds.